The lowest BCUT2D eigenvalue weighted by atomic mass is 10.0. The van der Waals surface area contributed by atoms with E-state index < -0.39 is 0 Å². The van der Waals surface area contributed by atoms with E-state index in [1.807, 2.05) is 36.4 Å². The lowest BCUT2D eigenvalue weighted by Gasteiger charge is -2.06. The van der Waals surface area contributed by atoms with Crippen LogP contribution in [0.5, 0.6) is 0 Å². The maximum atomic E-state index is 11.7. The monoisotopic (exact) mass is 308 g/mol. The van der Waals surface area contributed by atoms with Crippen molar-refractivity contribution in [1.82, 2.24) is 30.1 Å². The summed E-state index contributed by atoms with van der Waals surface area (Å²) in [6, 6.07) is 11.7. The molecule has 0 N–H and O–H groups in total. The average molecular weight is 308 g/mol. The molecule has 0 unspecified atom stereocenters. The minimum absolute atomic E-state index is 0.322. The minimum atomic E-state index is -0.322. The van der Waals surface area contributed by atoms with Crippen LogP contribution in [0.4, 0.5) is 4.79 Å². The van der Waals surface area contributed by atoms with Crippen molar-refractivity contribution in [3.8, 4) is 11.1 Å². The number of amides is 1. The summed E-state index contributed by atoms with van der Waals surface area (Å²) in [7, 11) is 3.28. The number of hydrogen-bond donors (Lipinski definition) is 0. The summed E-state index contributed by atoms with van der Waals surface area (Å²) in [5.74, 6) is 0.511. The molecule has 0 bridgehead atoms. The highest BCUT2D eigenvalue weighted by Gasteiger charge is 2.12. The van der Waals surface area contributed by atoms with Crippen molar-refractivity contribution in [2.45, 2.75) is 6.42 Å². The van der Waals surface area contributed by atoms with E-state index in [2.05, 4.69) is 20.4 Å². The first-order chi connectivity index (χ1) is 11.1. The fourth-order valence-electron chi connectivity index (χ4n) is 2.12. The first-order valence-electron chi connectivity index (χ1n) is 7.13. The molecule has 116 valence electrons. The number of carbonyl (C=O) groups excluding carboxylic acids is 1. The average Bonchev–Trinajstić information content (AvgIpc) is 3.04. The van der Waals surface area contributed by atoms with Gasteiger partial charge in [0.25, 0.3) is 0 Å². The van der Waals surface area contributed by atoms with Crippen molar-refractivity contribution in [1.29, 1.82) is 0 Å². The summed E-state index contributed by atoms with van der Waals surface area (Å²) in [4.78, 5) is 18.1. The minimum Gasteiger partial charge on any atom is -0.328 e. The molecule has 0 spiro atoms. The summed E-state index contributed by atoms with van der Waals surface area (Å²) in [5, 5.41) is 11.8. The van der Waals surface area contributed by atoms with Crippen LogP contribution < -0.4 is 0 Å². The van der Waals surface area contributed by atoms with Crippen molar-refractivity contribution in [2.75, 3.05) is 14.1 Å². The van der Waals surface area contributed by atoms with Crippen LogP contribution in [0.15, 0.2) is 48.8 Å². The molecule has 1 amide bonds. The molecule has 2 aromatic heterocycles. The summed E-state index contributed by atoms with van der Waals surface area (Å²) in [5.41, 5.74) is 3.29. The molecule has 3 rings (SSSR count). The molecule has 0 aliphatic heterocycles. The van der Waals surface area contributed by atoms with Gasteiger partial charge in [-0.25, -0.2) is 4.79 Å². The van der Waals surface area contributed by atoms with Gasteiger partial charge in [-0.2, -0.15) is 0 Å². The summed E-state index contributed by atoms with van der Waals surface area (Å²) in [6.07, 6.45) is 4.07. The molecule has 1 aromatic carbocycles. The summed E-state index contributed by atoms with van der Waals surface area (Å²) < 4.78 is 0. The third kappa shape index (κ3) is 3.39. The number of tetrazole rings is 1. The lowest BCUT2D eigenvalue weighted by Crippen LogP contribution is -2.29. The zero-order valence-electron chi connectivity index (χ0n) is 12.9. The topological polar surface area (TPSA) is 76.8 Å². The number of benzene rings is 1. The van der Waals surface area contributed by atoms with Crippen molar-refractivity contribution in [3.05, 3.63) is 60.2 Å². The van der Waals surface area contributed by atoms with Gasteiger partial charge in [0.15, 0.2) is 5.82 Å². The number of pyridine rings is 1. The van der Waals surface area contributed by atoms with E-state index in [1.54, 1.807) is 26.5 Å². The predicted octanol–water partition coefficient (Wildman–Crippen LogP) is 1.86. The molecule has 0 atom stereocenters. The van der Waals surface area contributed by atoms with Gasteiger partial charge in [-0.1, -0.05) is 29.1 Å². The van der Waals surface area contributed by atoms with Crippen LogP contribution in [0.2, 0.25) is 0 Å². The van der Waals surface area contributed by atoms with Gasteiger partial charge in [0.1, 0.15) is 0 Å². The lowest BCUT2D eigenvalue weighted by molar-refractivity contribution is 0.211. The Balaban J connectivity index is 1.73. The van der Waals surface area contributed by atoms with Gasteiger partial charge in [-0.3, -0.25) is 4.98 Å². The van der Waals surface area contributed by atoms with Crippen LogP contribution in [0.25, 0.3) is 11.1 Å². The maximum absolute atomic E-state index is 11.7. The number of aromatic nitrogens is 5. The van der Waals surface area contributed by atoms with Crippen molar-refractivity contribution >= 4 is 6.03 Å². The standard InChI is InChI=1S/C16H16N6O/c1-21(2)16(23)22-19-15(18-20-22)11-12-3-5-13(6-4-12)14-7-9-17-10-8-14/h3-10H,11H2,1-2H3. The number of nitrogens with zero attached hydrogens (tertiary/aromatic N) is 6. The third-order valence-corrected chi connectivity index (χ3v) is 3.34. The highest BCUT2D eigenvalue weighted by molar-refractivity contribution is 5.74. The van der Waals surface area contributed by atoms with Crippen LogP contribution in [-0.2, 0) is 6.42 Å². The van der Waals surface area contributed by atoms with E-state index in [1.165, 1.54) is 4.90 Å². The van der Waals surface area contributed by atoms with E-state index in [-0.39, 0.29) is 6.03 Å². The normalized spacial score (nSPS) is 10.5. The molecule has 23 heavy (non-hydrogen) atoms. The Labute approximate surface area is 133 Å². The molecule has 0 aliphatic rings. The molecule has 7 nitrogen and oxygen atoms in total. The summed E-state index contributed by atoms with van der Waals surface area (Å²) >= 11 is 0. The van der Waals surface area contributed by atoms with E-state index in [0.717, 1.165) is 21.5 Å². The number of carbonyl (C=O) groups is 1. The second-order valence-electron chi connectivity index (χ2n) is 5.28. The fourth-order valence-corrected chi connectivity index (χ4v) is 2.12. The second-order valence-corrected chi connectivity index (χ2v) is 5.28. The first kappa shape index (κ1) is 14.8. The van der Waals surface area contributed by atoms with Gasteiger partial charge < -0.3 is 4.90 Å². The Kier molecular flexibility index (Phi) is 4.09. The first-order valence-corrected chi connectivity index (χ1v) is 7.13. The van der Waals surface area contributed by atoms with Gasteiger partial charge in [0, 0.05) is 32.9 Å². The molecular formula is C16H16N6O. The maximum Gasteiger partial charge on any atom is 0.362 e. The Hall–Kier alpha value is -3.09. The quantitative estimate of drug-likeness (QED) is 0.738. The van der Waals surface area contributed by atoms with Crippen LogP contribution in [0.1, 0.15) is 11.4 Å². The number of rotatable bonds is 3. The SMILES string of the molecule is CN(C)C(=O)n1nnc(Cc2ccc(-c3ccncc3)cc2)n1. The Morgan fingerprint density at radius 3 is 2.35 bits per heavy atom. The highest BCUT2D eigenvalue weighted by Crippen LogP contribution is 2.19. The molecule has 7 heteroatoms. The highest BCUT2D eigenvalue weighted by atomic mass is 16.2. The molecule has 0 aliphatic carbocycles. The van der Waals surface area contributed by atoms with Gasteiger partial charge in [0.2, 0.25) is 0 Å². The largest absolute Gasteiger partial charge is 0.362 e. The molecule has 0 saturated carbocycles. The van der Waals surface area contributed by atoms with Gasteiger partial charge in [-0.15, -0.1) is 10.2 Å². The molecule has 0 radical (unpaired) electrons. The van der Waals surface area contributed by atoms with E-state index in [9.17, 15) is 4.79 Å². The smallest absolute Gasteiger partial charge is 0.328 e. The number of hydrogen-bond acceptors (Lipinski definition) is 5. The van der Waals surface area contributed by atoms with Crippen LogP contribution >= 0.6 is 0 Å². The molecule has 2 heterocycles. The fraction of sp³-hybridized carbons (Fsp3) is 0.188. The van der Waals surface area contributed by atoms with Crippen molar-refractivity contribution in [3.63, 3.8) is 0 Å². The van der Waals surface area contributed by atoms with Crippen molar-refractivity contribution in [2.24, 2.45) is 0 Å². The second kappa shape index (κ2) is 6.35. The molecular weight excluding hydrogens is 292 g/mol. The molecule has 0 fully saturated rings. The zero-order chi connectivity index (χ0) is 16.2. The van der Waals surface area contributed by atoms with Crippen LogP contribution in [-0.4, -0.2) is 50.2 Å². The van der Waals surface area contributed by atoms with Gasteiger partial charge >= 0.3 is 6.03 Å². The third-order valence-electron chi connectivity index (χ3n) is 3.34. The Bertz CT molecular complexity index is 795. The Morgan fingerprint density at radius 2 is 1.70 bits per heavy atom. The summed E-state index contributed by atoms with van der Waals surface area (Å²) in [6.45, 7) is 0. The molecule has 0 saturated heterocycles. The predicted molar refractivity (Wildman–Crippen MR) is 84.8 cm³/mol. The van der Waals surface area contributed by atoms with Crippen LogP contribution in [0, 0.1) is 0 Å². The Morgan fingerprint density at radius 1 is 1.04 bits per heavy atom. The molecule has 3 aromatic rings. The van der Waals surface area contributed by atoms with Gasteiger partial charge in [0.05, 0.1) is 0 Å². The van der Waals surface area contributed by atoms with E-state index in [4.69, 9.17) is 0 Å². The van der Waals surface area contributed by atoms with Crippen molar-refractivity contribution < 1.29 is 4.79 Å². The van der Waals surface area contributed by atoms with Crippen LogP contribution in [0.3, 0.4) is 0 Å². The van der Waals surface area contributed by atoms with Gasteiger partial charge in [-0.05, 0) is 34.0 Å². The zero-order valence-corrected chi connectivity index (χ0v) is 12.9. The van der Waals surface area contributed by atoms with E-state index >= 15 is 0 Å². The van der Waals surface area contributed by atoms with E-state index in [0.29, 0.717) is 12.2 Å².